The quantitative estimate of drug-likeness (QED) is 0.493. The predicted octanol–water partition coefficient (Wildman–Crippen LogP) is 3.84. The molecule has 0 spiro atoms. The number of pyridine rings is 1. The van der Waals surface area contributed by atoms with Gasteiger partial charge in [0.25, 0.3) is 0 Å². The maximum absolute atomic E-state index is 5.87. The van der Waals surface area contributed by atoms with E-state index in [0.717, 1.165) is 68.9 Å². The third-order valence-corrected chi connectivity index (χ3v) is 7.35. The lowest BCUT2D eigenvalue weighted by Crippen LogP contribution is -2.39. The van der Waals surface area contributed by atoms with Crippen LogP contribution in [-0.2, 0) is 11.3 Å². The van der Waals surface area contributed by atoms with Crippen molar-refractivity contribution in [1.29, 1.82) is 0 Å². The van der Waals surface area contributed by atoms with Crippen LogP contribution < -0.4 is 5.32 Å². The number of rotatable bonds is 8. The molecule has 8 heteroatoms. The third kappa shape index (κ3) is 4.76. The van der Waals surface area contributed by atoms with Crippen molar-refractivity contribution >= 4 is 17.3 Å². The molecule has 0 bridgehead atoms. The summed E-state index contributed by atoms with van der Waals surface area (Å²) < 4.78 is 13.5. The normalized spacial score (nSPS) is 21.2. The van der Waals surface area contributed by atoms with Crippen molar-refractivity contribution in [3.05, 3.63) is 77.3 Å². The Balaban J connectivity index is 1.42. The van der Waals surface area contributed by atoms with Crippen molar-refractivity contribution in [3.8, 4) is 0 Å². The minimum atomic E-state index is 0.00893. The molecule has 5 rings (SSSR count). The number of thiocarbonyl (C=S) groups is 1. The first-order valence-corrected chi connectivity index (χ1v) is 12.5. The Morgan fingerprint density at radius 3 is 2.71 bits per heavy atom. The van der Waals surface area contributed by atoms with E-state index in [9.17, 15) is 0 Å². The molecule has 0 unspecified atom stereocenters. The Hall–Kier alpha value is -2.68. The van der Waals surface area contributed by atoms with E-state index >= 15 is 0 Å². The first kappa shape index (κ1) is 23.1. The third-order valence-electron chi connectivity index (χ3n) is 7.00. The standard InChI is InChI=1S/C26H33N5O2S/c1-19-17-22(20(2)31(19)18-21-7-5-14-33-21)25-24(23-8-3-4-9-27-23)28-26(34)30(25)11-6-10-29-12-15-32-16-13-29/h3-5,7-9,14,17,24-25H,6,10-13,15-16,18H2,1-2H3,(H,28,34)/t24-,25-/m0/s1. The predicted molar refractivity (Wildman–Crippen MR) is 136 cm³/mol. The summed E-state index contributed by atoms with van der Waals surface area (Å²) in [5.41, 5.74) is 4.76. The Morgan fingerprint density at radius 1 is 1.12 bits per heavy atom. The second kappa shape index (κ2) is 10.3. The molecule has 0 radical (unpaired) electrons. The van der Waals surface area contributed by atoms with Gasteiger partial charge in [0.2, 0.25) is 0 Å². The molecular formula is C26H33N5O2S. The van der Waals surface area contributed by atoms with Crippen LogP contribution in [0.15, 0.2) is 53.3 Å². The molecule has 0 aromatic carbocycles. The van der Waals surface area contributed by atoms with Gasteiger partial charge >= 0.3 is 0 Å². The highest BCUT2D eigenvalue weighted by atomic mass is 32.1. The number of aromatic nitrogens is 2. The molecule has 0 saturated carbocycles. The van der Waals surface area contributed by atoms with Gasteiger partial charge in [-0.2, -0.15) is 0 Å². The van der Waals surface area contributed by atoms with Crippen molar-refractivity contribution in [2.45, 2.75) is 38.9 Å². The van der Waals surface area contributed by atoms with E-state index in [1.165, 1.54) is 17.0 Å². The molecule has 0 amide bonds. The molecule has 180 valence electrons. The smallest absolute Gasteiger partial charge is 0.170 e. The van der Waals surface area contributed by atoms with Crippen LogP contribution in [-0.4, -0.2) is 63.9 Å². The average Bonchev–Trinajstić information content (AvgIpc) is 3.56. The highest BCUT2D eigenvalue weighted by Gasteiger charge is 2.41. The molecule has 1 N–H and O–H groups in total. The number of hydrogen-bond donors (Lipinski definition) is 1. The van der Waals surface area contributed by atoms with Gasteiger partial charge in [-0.15, -0.1) is 0 Å². The Kier molecular flexibility index (Phi) is 6.99. The molecule has 2 atom stereocenters. The van der Waals surface area contributed by atoms with Crippen LogP contribution in [0.25, 0.3) is 0 Å². The van der Waals surface area contributed by atoms with Crippen molar-refractivity contribution in [2.75, 3.05) is 39.4 Å². The van der Waals surface area contributed by atoms with Crippen molar-refractivity contribution in [2.24, 2.45) is 0 Å². The topological polar surface area (TPSA) is 58.7 Å². The molecule has 0 aliphatic carbocycles. The first-order chi connectivity index (χ1) is 16.6. The van der Waals surface area contributed by atoms with Gasteiger partial charge in [-0.05, 0) is 68.4 Å². The molecule has 3 aromatic heterocycles. The summed E-state index contributed by atoms with van der Waals surface area (Å²) in [6.45, 7) is 10.7. The van der Waals surface area contributed by atoms with Crippen LogP contribution in [0.5, 0.6) is 0 Å². The summed E-state index contributed by atoms with van der Waals surface area (Å²) in [6, 6.07) is 12.5. The van der Waals surface area contributed by atoms with Crippen LogP contribution in [0.4, 0.5) is 0 Å². The first-order valence-electron chi connectivity index (χ1n) is 12.1. The molecule has 2 fully saturated rings. The lowest BCUT2D eigenvalue weighted by atomic mass is 9.96. The van der Waals surface area contributed by atoms with E-state index in [2.05, 4.69) is 50.6 Å². The van der Waals surface area contributed by atoms with Gasteiger partial charge in [0, 0.05) is 43.8 Å². The van der Waals surface area contributed by atoms with Gasteiger partial charge in [-0.3, -0.25) is 9.88 Å². The Morgan fingerprint density at radius 2 is 1.97 bits per heavy atom. The second-order valence-corrected chi connectivity index (χ2v) is 9.51. The summed E-state index contributed by atoms with van der Waals surface area (Å²) in [5, 5.41) is 4.40. The molecule has 2 saturated heterocycles. The maximum Gasteiger partial charge on any atom is 0.170 e. The lowest BCUT2D eigenvalue weighted by Gasteiger charge is -2.30. The summed E-state index contributed by atoms with van der Waals surface area (Å²) in [6.07, 6.45) is 4.65. The van der Waals surface area contributed by atoms with Crippen LogP contribution >= 0.6 is 12.2 Å². The van der Waals surface area contributed by atoms with E-state index in [1.54, 1.807) is 6.26 Å². The number of morpholine rings is 1. The molecule has 3 aromatic rings. The summed E-state index contributed by atoms with van der Waals surface area (Å²) in [7, 11) is 0. The van der Waals surface area contributed by atoms with Gasteiger partial charge in [-0.25, -0.2) is 0 Å². The SMILES string of the molecule is Cc1cc([C@H]2[C@H](c3ccccn3)NC(=S)N2CCCN2CCOCC2)c(C)n1Cc1ccco1. The van der Waals surface area contributed by atoms with E-state index in [1.807, 2.05) is 30.5 Å². The van der Waals surface area contributed by atoms with Gasteiger partial charge in [0.15, 0.2) is 5.11 Å². The van der Waals surface area contributed by atoms with Crippen LogP contribution in [0.3, 0.4) is 0 Å². The van der Waals surface area contributed by atoms with Gasteiger partial charge < -0.3 is 23.9 Å². The van der Waals surface area contributed by atoms with E-state index in [4.69, 9.17) is 21.4 Å². The monoisotopic (exact) mass is 479 g/mol. The van der Waals surface area contributed by atoms with Crippen molar-refractivity contribution < 1.29 is 9.15 Å². The fourth-order valence-corrected chi connectivity index (χ4v) is 5.53. The second-order valence-electron chi connectivity index (χ2n) is 9.12. The van der Waals surface area contributed by atoms with Crippen molar-refractivity contribution in [1.82, 2.24) is 24.7 Å². The minimum Gasteiger partial charge on any atom is -0.467 e. The fourth-order valence-electron chi connectivity index (χ4n) is 5.20. The fraction of sp³-hybridized carbons (Fsp3) is 0.462. The molecule has 5 heterocycles. The van der Waals surface area contributed by atoms with E-state index < -0.39 is 0 Å². The van der Waals surface area contributed by atoms with Crippen molar-refractivity contribution in [3.63, 3.8) is 0 Å². The lowest BCUT2D eigenvalue weighted by molar-refractivity contribution is 0.0365. The van der Waals surface area contributed by atoms with Gasteiger partial charge in [0.1, 0.15) is 5.76 Å². The molecule has 34 heavy (non-hydrogen) atoms. The largest absolute Gasteiger partial charge is 0.467 e. The number of hydrogen-bond acceptors (Lipinski definition) is 5. The zero-order valence-corrected chi connectivity index (χ0v) is 20.8. The average molecular weight is 480 g/mol. The Labute approximate surface area is 206 Å². The summed E-state index contributed by atoms with van der Waals surface area (Å²) in [5.74, 6) is 0.956. The van der Waals surface area contributed by atoms with Crippen LogP contribution in [0.1, 0.15) is 46.9 Å². The molecule has 7 nitrogen and oxygen atoms in total. The molecule has 2 aliphatic heterocycles. The number of nitrogens with zero attached hydrogens (tertiary/aromatic N) is 4. The van der Waals surface area contributed by atoms with E-state index in [0.29, 0.717) is 0 Å². The maximum atomic E-state index is 5.87. The van der Waals surface area contributed by atoms with Crippen LogP contribution in [0.2, 0.25) is 0 Å². The summed E-state index contributed by atoms with van der Waals surface area (Å²) in [4.78, 5) is 9.54. The van der Waals surface area contributed by atoms with Gasteiger partial charge in [0.05, 0.1) is 43.8 Å². The van der Waals surface area contributed by atoms with E-state index in [-0.39, 0.29) is 12.1 Å². The number of aryl methyl sites for hydroxylation is 1. The number of furan rings is 1. The molecule has 2 aliphatic rings. The highest BCUT2D eigenvalue weighted by molar-refractivity contribution is 7.80. The zero-order chi connectivity index (χ0) is 23.5. The highest BCUT2D eigenvalue weighted by Crippen LogP contribution is 2.41. The molecular weight excluding hydrogens is 446 g/mol. The summed E-state index contributed by atoms with van der Waals surface area (Å²) >= 11 is 5.87. The zero-order valence-electron chi connectivity index (χ0n) is 19.9. The van der Waals surface area contributed by atoms with Crippen LogP contribution in [0, 0.1) is 13.8 Å². The number of ether oxygens (including phenoxy) is 1. The Bertz CT molecular complexity index is 1090. The minimum absolute atomic E-state index is 0.00893. The number of nitrogens with one attached hydrogen (secondary N) is 1. The van der Waals surface area contributed by atoms with Gasteiger partial charge in [-0.1, -0.05) is 6.07 Å².